The number of nitrogens with zero attached hydrogens (tertiary/aromatic N) is 5. The second kappa shape index (κ2) is 12.9. The van der Waals surface area contributed by atoms with E-state index in [1.807, 2.05) is 13.8 Å². The predicted octanol–water partition coefficient (Wildman–Crippen LogP) is -0.786. The van der Waals surface area contributed by atoms with Gasteiger partial charge in [0.1, 0.15) is 23.1 Å². The van der Waals surface area contributed by atoms with Gasteiger partial charge in [0.2, 0.25) is 11.8 Å². The predicted molar refractivity (Wildman–Crippen MR) is 181 cm³/mol. The van der Waals surface area contributed by atoms with Gasteiger partial charge in [-0.05, 0) is 30.3 Å². The first-order valence-corrected chi connectivity index (χ1v) is 20.9. The summed E-state index contributed by atoms with van der Waals surface area (Å²) in [7, 11) is -17.9. The Hall–Kier alpha value is -4.49. The van der Waals surface area contributed by atoms with Gasteiger partial charge < -0.3 is 10.6 Å². The molecule has 2 aromatic rings. The van der Waals surface area contributed by atoms with Crippen LogP contribution >= 0.6 is 0 Å². The van der Waals surface area contributed by atoms with Crippen LogP contribution in [0, 0.1) is 11.3 Å². The van der Waals surface area contributed by atoms with Gasteiger partial charge in [-0.2, -0.15) is 44.8 Å². The lowest BCUT2D eigenvalue weighted by Crippen LogP contribution is -2.39. The highest BCUT2D eigenvalue weighted by Crippen LogP contribution is 2.40. The Morgan fingerprint density at radius 1 is 0.941 bits per heavy atom. The van der Waals surface area contributed by atoms with Crippen LogP contribution in [0.15, 0.2) is 32.9 Å². The van der Waals surface area contributed by atoms with Crippen molar-refractivity contribution in [1.82, 2.24) is 30.2 Å². The first kappa shape index (κ1) is 37.8. The summed E-state index contributed by atoms with van der Waals surface area (Å²) in [6.07, 6.45) is 7.05. The van der Waals surface area contributed by atoms with E-state index in [1.54, 1.807) is 12.2 Å². The zero-order chi connectivity index (χ0) is 37.9. The fraction of sp³-hybridized carbons (Fsp3) is 0.370. The Morgan fingerprint density at radius 2 is 1.51 bits per heavy atom. The van der Waals surface area contributed by atoms with E-state index < -0.39 is 74.9 Å². The largest absolute Gasteiger partial charge is 0.310 e. The molecule has 1 unspecified atom stereocenters. The molecular weight excluding hydrogens is 757 g/mol. The summed E-state index contributed by atoms with van der Waals surface area (Å²) in [5.41, 5.74) is -0.715. The van der Waals surface area contributed by atoms with Crippen LogP contribution in [0.1, 0.15) is 57.5 Å². The second-order valence-corrected chi connectivity index (χ2v) is 18.6. The Labute approximate surface area is 292 Å². The molecule has 0 saturated carbocycles. The van der Waals surface area contributed by atoms with Gasteiger partial charge in [-0.25, -0.2) is 8.42 Å². The molecule has 2 aromatic heterocycles. The standard InChI is InChI=1S/C27H32N8O12S4/c1-15(36)28-23-13-48(38,39)32-25-19(21(30-34(23)25)11-50(42,43)44)6-5-17-7-18(10-27(3,4)9-17)8-20-22(12-51(45,46)47)31-35-24(29-16(2)37)14-49(40,41)33-26(20)35/h5-8,13-14,18,32H,9-12H2,1-4H3,(H,28,36)(H,29,37)(H,42,43,44)(H,45,46,47). The van der Waals surface area contributed by atoms with Crippen LogP contribution in [0.25, 0.3) is 23.8 Å². The number of hydrogen-bond acceptors (Lipinski definition) is 12. The summed E-state index contributed by atoms with van der Waals surface area (Å²) < 4.78 is 125. The molecule has 0 spiro atoms. The molecule has 276 valence electrons. The molecule has 5 rings (SSSR count). The normalized spacial score (nSPS) is 20.9. The lowest BCUT2D eigenvalue weighted by atomic mass is 9.72. The van der Waals surface area contributed by atoms with Crippen molar-refractivity contribution in [3.05, 3.63) is 56.2 Å². The number of hydrogen-bond donors (Lipinski definition) is 5. The van der Waals surface area contributed by atoms with E-state index >= 15 is 0 Å². The Kier molecular flexibility index (Phi) is 9.57. The second-order valence-electron chi connectivity index (χ2n) is 12.7. The van der Waals surface area contributed by atoms with E-state index in [1.165, 1.54) is 12.2 Å². The number of sulfonamides is 2. The number of rotatable bonds is 9. The van der Waals surface area contributed by atoms with Gasteiger partial charge in [-0.15, -0.1) is 4.40 Å². The fourth-order valence-corrected chi connectivity index (χ4v) is 8.88. The van der Waals surface area contributed by atoms with Gasteiger partial charge in [0.15, 0.2) is 11.3 Å². The zero-order valence-electron chi connectivity index (χ0n) is 27.2. The molecule has 2 amide bonds. The van der Waals surface area contributed by atoms with Crippen LogP contribution in [-0.4, -0.2) is 74.2 Å². The van der Waals surface area contributed by atoms with Gasteiger partial charge in [0, 0.05) is 24.6 Å². The lowest BCUT2D eigenvalue weighted by Gasteiger charge is -2.32. The third-order valence-electron chi connectivity index (χ3n) is 7.40. The molecule has 24 heteroatoms. The van der Waals surface area contributed by atoms with Crippen molar-refractivity contribution in [3.63, 3.8) is 0 Å². The van der Waals surface area contributed by atoms with Crippen LogP contribution in [0.4, 0.5) is 5.82 Å². The quantitative estimate of drug-likeness (QED) is 0.195. The van der Waals surface area contributed by atoms with Crippen LogP contribution in [0.2, 0.25) is 0 Å². The van der Waals surface area contributed by atoms with E-state index in [4.69, 9.17) is 0 Å². The Balaban J connectivity index is 1.66. The summed E-state index contributed by atoms with van der Waals surface area (Å²) in [6.45, 7) is 6.08. The van der Waals surface area contributed by atoms with E-state index in [9.17, 15) is 52.4 Å². The first-order valence-electron chi connectivity index (χ1n) is 14.7. The highest BCUT2D eigenvalue weighted by Gasteiger charge is 2.31. The lowest BCUT2D eigenvalue weighted by molar-refractivity contribution is -0.118. The average molecular weight is 789 g/mol. The fourth-order valence-electron chi connectivity index (χ4n) is 5.88. The molecule has 1 atom stereocenters. The Morgan fingerprint density at radius 3 is 2.10 bits per heavy atom. The van der Waals surface area contributed by atoms with Crippen molar-refractivity contribution in [2.24, 2.45) is 15.7 Å². The number of carbonyl (C=O) groups is 2. The molecule has 3 aliphatic rings. The smallest absolute Gasteiger partial charge is 0.281 e. The number of nitrogens with one attached hydrogen (secondary N) is 3. The molecule has 0 aromatic carbocycles. The zero-order valence-corrected chi connectivity index (χ0v) is 30.5. The SMILES string of the molecule is CC(=O)NC1=CS(=O)(=O)Nc2c(C=CC3=CC(C=c4c(CS(=O)(=O)O)nn5c4=NS(=O)(=O)C=C5NC(C)=O)CC(C)(C)C3)c(CS(=O)(=O)O)nn21. The van der Waals surface area contributed by atoms with Crippen molar-refractivity contribution in [2.75, 3.05) is 4.72 Å². The van der Waals surface area contributed by atoms with Crippen molar-refractivity contribution in [1.29, 1.82) is 0 Å². The topological polar surface area (TPSA) is 295 Å². The number of aromatic nitrogens is 4. The maximum atomic E-state index is 12.7. The molecule has 2 aliphatic heterocycles. The van der Waals surface area contributed by atoms with Crippen LogP contribution in [-0.2, 0) is 61.4 Å². The third-order valence-corrected chi connectivity index (χ3v) is 10.6. The number of allylic oxidation sites excluding steroid dienone is 3. The minimum absolute atomic E-state index is 0.0396. The van der Waals surface area contributed by atoms with Crippen molar-refractivity contribution >= 4 is 81.7 Å². The third kappa shape index (κ3) is 9.25. The van der Waals surface area contributed by atoms with E-state index in [0.29, 0.717) is 29.2 Å². The molecule has 5 N–H and O–H groups in total. The van der Waals surface area contributed by atoms with Gasteiger partial charge in [0.25, 0.3) is 40.3 Å². The van der Waals surface area contributed by atoms with Gasteiger partial charge in [-0.1, -0.05) is 37.6 Å². The van der Waals surface area contributed by atoms with Gasteiger partial charge >= 0.3 is 0 Å². The van der Waals surface area contributed by atoms with E-state index in [0.717, 1.165) is 23.2 Å². The highest BCUT2D eigenvalue weighted by molar-refractivity contribution is 7.95. The number of anilines is 1. The van der Waals surface area contributed by atoms with E-state index in [2.05, 4.69) is 30.0 Å². The summed E-state index contributed by atoms with van der Waals surface area (Å²) in [5.74, 6) is -4.69. The summed E-state index contributed by atoms with van der Waals surface area (Å²) in [6, 6.07) is 0. The van der Waals surface area contributed by atoms with Crippen LogP contribution < -0.4 is 26.1 Å². The number of carbonyl (C=O) groups excluding carboxylic acids is 2. The maximum absolute atomic E-state index is 12.7. The minimum atomic E-state index is -4.69. The summed E-state index contributed by atoms with van der Waals surface area (Å²) in [4.78, 5) is 23.6. The molecule has 1 aliphatic carbocycles. The van der Waals surface area contributed by atoms with Gasteiger partial charge in [0.05, 0.1) is 22.2 Å². The average Bonchev–Trinajstić information content (AvgIpc) is 3.39. The Bertz CT molecular complexity index is 2580. The molecule has 0 bridgehead atoms. The van der Waals surface area contributed by atoms with Crippen molar-refractivity contribution < 1.29 is 52.4 Å². The highest BCUT2D eigenvalue weighted by atomic mass is 32.2. The first-order chi connectivity index (χ1) is 23.3. The van der Waals surface area contributed by atoms with Crippen LogP contribution in [0.5, 0.6) is 0 Å². The van der Waals surface area contributed by atoms with Crippen molar-refractivity contribution in [3.8, 4) is 0 Å². The van der Waals surface area contributed by atoms with Crippen molar-refractivity contribution in [2.45, 2.75) is 52.0 Å². The molecule has 0 saturated heterocycles. The maximum Gasteiger partial charge on any atom is 0.281 e. The molecule has 0 fully saturated rings. The molecule has 20 nitrogen and oxygen atoms in total. The summed E-state index contributed by atoms with van der Waals surface area (Å²) in [5, 5.41) is 14.2. The minimum Gasteiger partial charge on any atom is -0.310 e. The van der Waals surface area contributed by atoms with E-state index in [-0.39, 0.29) is 45.1 Å². The molecule has 51 heavy (non-hydrogen) atoms. The van der Waals surface area contributed by atoms with Crippen LogP contribution in [0.3, 0.4) is 0 Å². The monoisotopic (exact) mass is 788 g/mol. The molecule has 0 radical (unpaired) electrons. The molecule has 4 heterocycles. The number of amides is 2. The van der Waals surface area contributed by atoms with Gasteiger partial charge in [-0.3, -0.25) is 23.4 Å². The number of fused-ring (bicyclic) bond motifs is 2. The summed E-state index contributed by atoms with van der Waals surface area (Å²) >= 11 is 0. The molecular formula is C27H32N8O12S4.